The summed E-state index contributed by atoms with van der Waals surface area (Å²) in [6.07, 6.45) is 3.21. The highest BCUT2D eigenvalue weighted by Crippen LogP contribution is 2.21. The molecule has 132 valence electrons. The third-order valence-corrected chi connectivity index (χ3v) is 4.64. The van der Waals surface area contributed by atoms with E-state index in [4.69, 9.17) is 0 Å². The minimum atomic E-state index is 0.0202. The molecular formula is C19H29N3O2. The van der Waals surface area contributed by atoms with Crippen molar-refractivity contribution in [3.8, 4) is 0 Å². The monoisotopic (exact) mass is 331 g/mol. The van der Waals surface area contributed by atoms with Gasteiger partial charge in [-0.2, -0.15) is 0 Å². The Morgan fingerprint density at radius 1 is 1.04 bits per heavy atom. The lowest BCUT2D eigenvalue weighted by Gasteiger charge is -2.33. The molecule has 1 aromatic carbocycles. The Labute approximate surface area is 145 Å². The molecule has 1 saturated heterocycles. The highest BCUT2D eigenvalue weighted by molar-refractivity contribution is 5.81. The normalized spacial score (nSPS) is 15.6. The number of likely N-dealkylation sites (N-methyl/N-ethyl adjacent to an activating group) is 2. The fourth-order valence-electron chi connectivity index (χ4n) is 3.09. The van der Waals surface area contributed by atoms with Crippen LogP contribution in [0.4, 0.5) is 0 Å². The number of rotatable bonds is 6. The Hall–Kier alpha value is -1.88. The first kappa shape index (κ1) is 18.5. The second-order valence-electron chi connectivity index (χ2n) is 6.97. The number of hydrogen-bond acceptors (Lipinski definition) is 3. The van der Waals surface area contributed by atoms with Crippen molar-refractivity contribution < 1.29 is 9.59 Å². The van der Waals surface area contributed by atoms with Crippen LogP contribution in [0.25, 0.3) is 0 Å². The lowest BCUT2D eigenvalue weighted by atomic mass is 9.90. The van der Waals surface area contributed by atoms with Crippen LogP contribution in [-0.4, -0.2) is 73.8 Å². The Kier molecular flexibility index (Phi) is 6.79. The van der Waals surface area contributed by atoms with Crippen LogP contribution >= 0.6 is 0 Å². The van der Waals surface area contributed by atoms with E-state index in [1.54, 1.807) is 23.9 Å². The van der Waals surface area contributed by atoms with Crippen LogP contribution in [0.5, 0.6) is 0 Å². The molecule has 0 unspecified atom stereocenters. The van der Waals surface area contributed by atoms with Crippen molar-refractivity contribution in [2.24, 2.45) is 5.92 Å². The Bertz CT molecular complexity index is 537. The molecule has 5 heteroatoms. The summed E-state index contributed by atoms with van der Waals surface area (Å²) in [5.74, 6) is 0.804. The number of carbonyl (C=O) groups is 2. The molecule has 0 aromatic heterocycles. The van der Waals surface area contributed by atoms with Crippen molar-refractivity contribution in [3.63, 3.8) is 0 Å². The molecule has 0 spiro atoms. The van der Waals surface area contributed by atoms with Crippen molar-refractivity contribution in [2.45, 2.75) is 19.3 Å². The van der Waals surface area contributed by atoms with Gasteiger partial charge in [0.15, 0.2) is 0 Å². The van der Waals surface area contributed by atoms with Gasteiger partial charge in [0.05, 0.1) is 13.1 Å². The third kappa shape index (κ3) is 5.64. The molecule has 1 heterocycles. The zero-order valence-electron chi connectivity index (χ0n) is 15.1. The van der Waals surface area contributed by atoms with Crippen molar-refractivity contribution in [1.82, 2.24) is 14.7 Å². The maximum absolute atomic E-state index is 12.4. The second-order valence-corrected chi connectivity index (χ2v) is 6.97. The quantitative estimate of drug-likeness (QED) is 0.793. The lowest BCUT2D eigenvalue weighted by Crippen LogP contribution is -2.45. The second kappa shape index (κ2) is 8.83. The van der Waals surface area contributed by atoms with Crippen molar-refractivity contribution >= 4 is 11.8 Å². The molecule has 0 atom stereocenters. The van der Waals surface area contributed by atoms with Crippen molar-refractivity contribution in [1.29, 1.82) is 0 Å². The van der Waals surface area contributed by atoms with Crippen molar-refractivity contribution in [3.05, 3.63) is 35.9 Å². The molecule has 1 fully saturated rings. The number of piperidine rings is 1. The summed E-state index contributed by atoms with van der Waals surface area (Å²) in [5, 5.41) is 0. The van der Waals surface area contributed by atoms with E-state index in [-0.39, 0.29) is 18.4 Å². The molecule has 24 heavy (non-hydrogen) atoms. The maximum Gasteiger partial charge on any atom is 0.236 e. The standard InChI is InChI=1S/C19H29N3O2/c1-20(2)18(23)14-21(3)15-19(24)22-11-9-17(10-12-22)13-16-7-5-4-6-8-16/h4-8,17H,9-15H2,1-3H3. The average molecular weight is 331 g/mol. The van der Waals surface area contributed by atoms with Crippen LogP contribution in [0.15, 0.2) is 30.3 Å². The zero-order chi connectivity index (χ0) is 17.5. The van der Waals surface area contributed by atoms with E-state index in [0.717, 1.165) is 32.4 Å². The van der Waals surface area contributed by atoms with Gasteiger partial charge in [0.2, 0.25) is 11.8 Å². The van der Waals surface area contributed by atoms with E-state index in [9.17, 15) is 9.59 Å². The fourth-order valence-corrected chi connectivity index (χ4v) is 3.09. The Balaban J connectivity index is 1.73. The first-order valence-electron chi connectivity index (χ1n) is 8.66. The summed E-state index contributed by atoms with van der Waals surface area (Å²) < 4.78 is 0. The largest absolute Gasteiger partial charge is 0.348 e. The Morgan fingerprint density at radius 3 is 2.25 bits per heavy atom. The van der Waals surface area contributed by atoms with Gasteiger partial charge in [0.1, 0.15) is 0 Å². The first-order chi connectivity index (χ1) is 11.5. The highest BCUT2D eigenvalue weighted by atomic mass is 16.2. The van der Waals surface area contributed by atoms with E-state index in [1.165, 1.54) is 5.56 Å². The molecule has 1 aromatic rings. The molecule has 1 aliphatic heterocycles. The highest BCUT2D eigenvalue weighted by Gasteiger charge is 2.24. The van der Waals surface area contributed by atoms with Crippen LogP contribution in [-0.2, 0) is 16.0 Å². The number of likely N-dealkylation sites (tertiary alicyclic amines) is 1. The van der Waals surface area contributed by atoms with E-state index in [0.29, 0.717) is 12.5 Å². The van der Waals surface area contributed by atoms with Crippen LogP contribution in [0.3, 0.4) is 0 Å². The number of nitrogens with zero attached hydrogens (tertiary/aromatic N) is 3. The average Bonchev–Trinajstić information content (AvgIpc) is 2.56. The number of carbonyl (C=O) groups excluding carboxylic acids is 2. The molecule has 2 rings (SSSR count). The van der Waals surface area contributed by atoms with Crippen LogP contribution in [0.2, 0.25) is 0 Å². The Morgan fingerprint density at radius 2 is 1.67 bits per heavy atom. The molecule has 1 aliphatic rings. The molecule has 0 N–H and O–H groups in total. The lowest BCUT2D eigenvalue weighted by molar-refractivity contribution is -0.135. The van der Waals surface area contributed by atoms with Gasteiger partial charge in [0, 0.05) is 27.2 Å². The van der Waals surface area contributed by atoms with Gasteiger partial charge >= 0.3 is 0 Å². The first-order valence-corrected chi connectivity index (χ1v) is 8.66. The van der Waals surface area contributed by atoms with Crippen LogP contribution < -0.4 is 0 Å². The molecule has 0 aliphatic carbocycles. The topological polar surface area (TPSA) is 43.9 Å². The summed E-state index contributed by atoms with van der Waals surface area (Å²) >= 11 is 0. The van der Waals surface area contributed by atoms with Gasteiger partial charge in [-0.15, -0.1) is 0 Å². The minimum absolute atomic E-state index is 0.0202. The van der Waals surface area contributed by atoms with Crippen LogP contribution in [0.1, 0.15) is 18.4 Å². The molecule has 0 radical (unpaired) electrons. The number of amides is 2. The smallest absolute Gasteiger partial charge is 0.236 e. The molecule has 5 nitrogen and oxygen atoms in total. The summed E-state index contributed by atoms with van der Waals surface area (Å²) in [6.45, 7) is 2.24. The predicted molar refractivity (Wildman–Crippen MR) is 95.6 cm³/mol. The molecule has 2 amide bonds. The summed E-state index contributed by atoms with van der Waals surface area (Å²) in [6, 6.07) is 10.6. The van der Waals surface area contributed by atoms with E-state index in [2.05, 4.69) is 24.3 Å². The summed E-state index contributed by atoms with van der Waals surface area (Å²) in [7, 11) is 5.28. The SMILES string of the molecule is CN(CC(=O)N(C)C)CC(=O)N1CCC(Cc2ccccc2)CC1. The predicted octanol–water partition coefficient (Wildman–Crippen LogP) is 1.49. The third-order valence-electron chi connectivity index (χ3n) is 4.64. The van der Waals surface area contributed by atoms with Gasteiger partial charge in [-0.25, -0.2) is 0 Å². The summed E-state index contributed by atoms with van der Waals surface area (Å²) in [5.41, 5.74) is 1.38. The maximum atomic E-state index is 12.4. The zero-order valence-corrected chi connectivity index (χ0v) is 15.1. The number of hydrogen-bond donors (Lipinski definition) is 0. The van der Waals surface area contributed by atoms with Gasteiger partial charge < -0.3 is 9.80 Å². The number of benzene rings is 1. The van der Waals surface area contributed by atoms with Gasteiger partial charge in [-0.3, -0.25) is 14.5 Å². The summed E-state index contributed by atoms with van der Waals surface area (Å²) in [4.78, 5) is 29.4. The van der Waals surface area contributed by atoms with Gasteiger partial charge in [-0.1, -0.05) is 30.3 Å². The molecule has 0 saturated carbocycles. The minimum Gasteiger partial charge on any atom is -0.348 e. The molecular weight excluding hydrogens is 302 g/mol. The van der Waals surface area contributed by atoms with Gasteiger partial charge in [-0.05, 0) is 37.8 Å². The van der Waals surface area contributed by atoms with E-state index < -0.39 is 0 Å². The molecule has 0 bridgehead atoms. The van der Waals surface area contributed by atoms with Crippen LogP contribution in [0, 0.1) is 5.92 Å². The van der Waals surface area contributed by atoms with Gasteiger partial charge in [0.25, 0.3) is 0 Å². The van der Waals surface area contributed by atoms with Crippen molar-refractivity contribution in [2.75, 3.05) is 47.3 Å². The fraction of sp³-hybridized carbons (Fsp3) is 0.579. The van der Waals surface area contributed by atoms with E-state index in [1.807, 2.05) is 18.0 Å². The van der Waals surface area contributed by atoms with E-state index >= 15 is 0 Å².